The second kappa shape index (κ2) is 15.3. The van der Waals surface area contributed by atoms with Gasteiger partial charge in [-0.25, -0.2) is 0 Å². The standard InChI is InChI=1S/C44H70O14/c1-22(47)54-35-32(50)30(48)25(20-45)56-37(35)58-34-31(49)26(21-46)55-36(33(34)51)57-29-12-13-41(6)27(40(29,4)5)11-14-43(8)28(41)10-9-23-24-19-39(2,3)15-17-44(24,38(52)53)18-16-42(23,43)7/h9,24-37,45-46,48-51H,10-21H2,1-8H3,(H,52,53)/t24-,25+,26+,27-,28+,29-,30+,31+,32-,33+,34-,35+,36-,37-,41-,42+,43+,44-/m0/s1. The van der Waals surface area contributed by atoms with E-state index in [-0.39, 0.29) is 39.6 Å². The number of carbonyl (C=O) groups is 2. The van der Waals surface area contributed by atoms with Crippen LogP contribution < -0.4 is 0 Å². The second-order valence-corrected chi connectivity index (χ2v) is 21.2. The summed E-state index contributed by atoms with van der Waals surface area (Å²) in [6, 6.07) is 0. The van der Waals surface area contributed by atoms with Gasteiger partial charge in [-0.05, 0) is 109 Å². The maximum atomic E-state index is 13.1. The summed E-state index contributed by atoms with van der Waals surface area (Å²) in [5.74, 6) is -0.800. The normalized spacial score (nSPS) is 50.9. The van der Waals surface area contributed by atoms with E-state index in [4.69, 9.17) is 23.7 Å². The van der Waals surface area contributed by atoms with Crippen molar-refractivity contribution in [2.75, 3.05) is 13.2 Å². The molecule has 6 fully saturated rings. The molecule has 0 unspecified atom stereocenters. The zero-order valence-corrected chi connectivity index (χ0v) is 35.6. The van der Waals surface area contributed by atoms with Crippen molar-refractivity contribution in [3.05, 3.63) is 11.6 Å². The Morgan fingerprint density at radius 3 is 2.02 bits per heavy atom. The number of fused-ring (bicyclic) bond motifs is 7. The molecule has 18 atom stereocenters. The molecule has 7 N–H and O–H groups in total. The van der Waals surface area contributed by atoms with Gasteiger partial charge in [-0.3, -0.25) is 9.59 Å². The first-order valence-corrected chi connectivity index (χ1v) is 21.7. The third kappa shape index (κ3) is 6.73. The minimum absolute atomic E-state index is 0.0279. The summed E-state index contributed by atoms with van der Waals surface area (Å²) in [5.41, 5.74) is 0.187. The number of rotatable bonds is 8. The van der Waals surface area contributed by atoms with Crippen molar-refractivity contribution in [1.82, 2.24) is 0 Å². The molecular formula is C44H70O14. The number of aliphatic hydroxyl groups excluding tert-OH is 6. The third-order valence-corrected chi connectivity index (χ3v) is 17.5. The number of aliphatic carboxylic acids is 1. The van der Waals surface area contributed by atoms with Crippen LogP contribution in [0.1, 0.15) is 120 Å². The number of allylic oxidation sites excluding steroid dienone is 2. The molecule has 0 bridgehead atoms. The molecule has 0 aromatic carbocycles. The van der Waals surface area contributed by atoms with Crippen LogP contribution in [0.25, 0.3) is 0 Å². The zero-order valence-electron chi connectivity index (χ0n) is 35.6. The molecule has 2 aliphatic heterocycles. The Morgan fingerprint density at radius 1 is 0.741 bits per heavy atom. The van der Waals surface area contributed by atoms with Gasteiger partial charge in [0.25, 0.3) is 0 Å². The summed E-state index contributed by atoms with van der Waals surface area (Å²) in [4.78, 5) is 25.0. The highest BCUT2D eigenvalue weighted by Gasteiger charge is 2.69. The quantitative estimate of drug-likeness (QED) is 0.106. The predicted octanol–water partition coefficient (Wildman–Crippen LogP) is 3.45. The molecular weight excluding hydrogens is 752 g/mol. The second-order valence-electron chi connectivity index (χ2n) is 21.2. The van der Waals surface area contributed by atoms with Crippen LogP contribution in [0.4, 0.5) is 0 Å². The molecule has 2 saturated heterocycles. The van der Waals surface area contributed by atoms with E-state index in [9.17, 15) is 45.3 Å². The number of aliphatic hydroxyl groups is 6. The van der Waals surface area contributed by atoms with Crippen LogP contribution in [-0.2, 0) is 33.3 Å². The van der Waals surface area contributed by atoms with Crippen molar-refractivity contribution in [3.63, 3.8) is 0 Å². The lowest BCUT2D eigenvalue weighted by atomic mass is 9.33. The van der Waals surface area contributed by atoms with Crippen LogP contribution >= 0.6 is 0 Å². The van der Waals surface area contributed by atoms with Crippen LogP contribution in [0.15, 0.2) is 11.6 Å². The fourth-order valence-corrected chi connectivity index (χ4v) is 14.0. The molecule has 7 rings (SSSR count). The Bertz CT molecular complexity index is 1600. The first-order valence-electron chi connectivity index (χ1n) is 21.7. The van der Waals surface area contributed by atoms with E-state index in [0.29, 0.717) is 18.8 Å². The van der Waals surface area contributed by atoms with E-state index < -0.39 is 97.4 Å². The van der Waals surface area contributed by atoms with Gasteiger partial charge < -0.3 is 59.4 Å². The van der Waals surface area contributed by atoms with Gasteiger partial charge in [0.2, 0.25) is 0 Å². The molecule has 58 heavy (non-hydrogen) atoms. The Balaban J connectivity index is 1.12. The Kier molecular flexibility index (Phi) is 11.7. The van der Waals surface area contributed by atoms with Gasteiger partial charge in [-0.15, -0.1) is 0 Å². The van der Waals surface area contributed by atoms with E-state index in [2.05, 4.69) is 54.5 Å². The molecule has 4 saturated carbocycles. The van der Waals surface area contributed by atoms with Gasteiger partial charge >= 0.3 is 11.9 Å². The van der Waals surface area contributed by atoms with Crippen LogP contribution in [0.3, 0.4) is 0 Å². The van der Waals surface area contributed by atoms with Crippen LogP contribution in [0.5, 0.6) is 0 Å². The SMILES string of the molecule is CC(=O)O[C@H]1[C@H](O[C@@H]2[C@@H](O)[C@H](O[C@H]3CC[C@]4(C)[C@H]5CC=C6[C@@H]7CC(C)(C)CC[C@]7(C(=O)O)CC[C@@]6(C)[C@]5(C)CC[C@H]4C3(C)C)O[C@H](CO)[C@H]2O)O[C@H](CO)[C@@H](O)[C@@H]1O. The zero-order chi connectivity index (χ0) is 42.5. The Labute approximate surface area is 342 Å². The topological polar surface area (TPSA) is 222 Å². The molecule has 330 valence electrons. The molecule has 0 aromatic rings. The molecule has 0 aromatic heterocycles. The first kappa shape index (κ1) is 44.3. The average molecular weight is 823 g/mol. The van der Waals surface area contributed by atoms with Gasteiger partial charge in [0.15, 0.2) is 18.7 Å². The summed E-state index contributed by atoms with van der Waals surface area (Å²) in [6.07, 6.45) is -4.54. The highest BCUT2D eigenvalue weighted by Crippen LogP contribution is 2.76. The lowest BCUT2D eigenvalue weighted by molar-refractivity contribution is -0.370. The van der Waals surface area contributed by atoms with Crippen LogP contribution in [0, 0.1) is 50.2 Å². The van der Waals surface area contributed by atoms with Gasteiger partial charge in [0, 0.05) is 6.92 Å². The number of carboxylic acids is 1. The van der Waals surface area contributed by atoms with Gasteiger partial charge in [0.1, 0.15) is 42.7 Å². The number of hydrogen-bond donors (Lipinski definition) is 7. The molecule has 14 heteroatoms. The minimum Gasteiger partial charge on any atom is -0.481 e. The molecule has 0 spiro atoms. The number of ether oxygens (including phenoxy) is 5. The van der Waals surface area contributed by atoms with Gasteiger partial charge in [0.05, 0.1) is 24.7 Å². The summed E-state index contributed by atoms with van der Waals surface area (Å²) in [5, 5.41) is 75.0. The fraction of sp³-hybridized carbons (Fsp3) is 0.909. The fourth-order valence-electron chi connectivity index (χ4n) is 14.0. The molecule has 5 aliphatic carbocycles. The highest BCUT2D eigenvalue weighted by atomic mass is 16.7. The number of esters is 1. The summed E-state index contributed by atoms with van der Waals surface area (Å²) in [6.45, 7) is 16.1. The Hall–Kier alpha value is -1.72. The molecule has 14 nitrogen and oxygen atoms in total. The molecule has 2 heterocycles. The molecule has 0 radical (unpaired) electrons. The maximum absolute atomic E-state index is 13.1. The number of hydrogen-bond acceptors (Lipinski definition) is 13. The average Bonchev–Trinajstić information content (AvgIpc) is 3.14. The monoisotopic (exact) mass is 822 g/mol. The molecule has 7 aliphatic rings. The van der Waals surface area contributed by atoms with Gasteiger partial charge in [-0.2, -0.15) is 0 Å². The number of carboxylic acid groups (broad SMARTS) is 1. The first-order chi connectivity index (χ1) is 27.0. The van der Waals surface area contributed by atoms with Crippen molar-refractivity contribution < 1.29 is 69.0 Å². The smallest absolute Gasteiger partial charge is 0.310 e. The van der Waals surface area contributed by atoms with E-state index in [0.717, 1.165) is 58.3 Å². The Morgan fingerprint density at radius 2 is 1.38 bits per heavy atom. The predicted molar refractivity (Wildman–Crippen MR) is 207 cm³/mol. The lowest BCUT2D eigenvalue weighted by Crippen LogP contribution is -2.67. The van der Waals surface area contributed by atoms with Crippen molar-refractivity contribution in [2.45, 2.75) is 187 Å². The van der Waals surface area contributed by atoms with Gasteiger partial charge in [-0.1, -0.05) is 60.1 Å². The molecule has 0 amide bonds. The van der Waals surface area contributed by atoms with Crippen LogP contribution in [0.2, 0.25) is 0 Å². The van der Waals surface area contributed by atoms with Crippen molar-refractivity contribution in [3.8, 4) is 0 Å². The van der Waals surface area contributed by atoms with E-state index >= 15 is 0 Å². The van der Waals surface area contributed by atoms with Crippen LogP contribution in [-0.4, -0.2) is 128 Å². The van der Waals surface area contributed by atoms with E-state index in [1.165, 1.54) is 5.57 Å². The summed E-state index contributed by atoms with van der Waals surface area (Å²) >= 11 is 0. The lowest BCUT2D eigenvalue weighted by Gasteiger charge is -2.71. The third-order valence-electron chi connectivity index (χ3n) is 17.5. The van der Waals surface area contributed by atoms with Crippen molar-refractivity contribution >= 4 is 11.9 Å². The largest absolute Gasteiger partial charge is 0.481 e. The van der Waals surface area contributed by atoms with Crippen molar-refractivity contribution in [2.24, 2.45) is 50.2 Å². The maximum Gasteiger partial charge on any atom is 0.310 e. The number of carbonyl (C=O) groups excluding carboxylic acids is 1. The minimum atomic E-state index is -1.71. The highest BCUT2D eigenvalue weighted by molar-refractivity contribution is 5.76. The van der Waals surface area contributed by atoms with Crippen molar-refractivity contribution in [1.29, 1.82) is 0 Å². The van der Waals surface area contributed by atoms with E-state index in [1.54, 1.807) is 0 Å². The summed E-state index contributed by atoms with van der Waals surface area (Å²) < 4.78 is 29.6. The summed E-state index contributed by atoms with van der Waals surface area (Å²) in [7, 11) is 0. The van der Waals surface area contributed by atoms with E-state index in [1.807, 2.05) is 0 Å².